The standard InChI is InChI=1S/C25H21N3OS3/c1-15-11-12-17-20(13-15)32-23-22(17)24(29)28(16-7-3-2-4-8-16)25(27-23)30-14-21-26-18-9-5-6-10-19(18)31-21/h2-10,15H,11-14H2,1H3/t15-/m1/s1. The fourth-order valence-corrected chi connectivity index (χ4v) is 7.78. The van der Waals surface area contributed by atoms with E-state index in [1.807, 2.05) is 48.5 Å². The molecule has 4 nitrogen and oxygen atoms in total. The molecule has 1 aliphatic rings. The van der Waals surface area contributed by atoms with Crippen LogP contribution >= 0.6 is 34.4 Å². The second kappa shape index (κ2) is 8.14. The van der Waals surface area contributed by atoms with Gasteiger partial charge in [-0.05, 0) is 55.0 Å². The highest BCUT2D eigenvalue weighted by Gasteiger charge is 2.25. The highest BCUT2D eigenvalue weighted by Crippen LogP contribution is 2.37. The lowest BCUT2D eigenvalue weighted by molar-refractivity contribution is 0.509. The van der Waals surface area contributed by atoms with Crippen LogP contribution in [0.3, 0.4) is 0 Å². The molecule has 7 heteroatoms. The fraction of sp³-hybridized carbons (Fsp3) is 0.240. The van der Waals surface area contributed by atoms with Gasteiger partial charge >= 0.3 is 0 Å². The van der Waals surface area contributed by atoms with Gasteiger partial charge in [0.15, 0.2) is 5.16 Å². The predicted molar refractivity (Wildman–Crippen MR) is 136 cm³/mol. The summed E-state index contributed by atoms with van der Waals surface area (Å²) in [5.74, 6) is 1.35. The van der Waals surface area contributed by atoms with Crippen LogP contribution in [0, 0.1) is 5.92 Å². The van der Waals surface area contributed by atoms with Gasteiger partial charge in [0.05, 0.1) is 27.0 Å². The van der Waals surface area contributed by atoms with Crippen molar-refractivity contribution in [2.24, 2.45) is 5.92 Å². The first-order valence-corrected chi connectivity index (χ1v) is 13.4. The van der Waals surface area contributed by atoms with Crippen molar-refractivity contribution in [2.75, 3.05) is 0 Å². The molecule has 0 saturated heterocycles. The molecule has 6 rings (SSSR count). The van der Waals surface area contributed by atoms with Gasteiger partial charge in [-0.2, -0.15) is 0 Å². The molecule has 0 fully saturated rings. The third-order valence-corrected chi connectivity index (χ3v) is 9.29. The number of fused-ring (bicyclic) bond motifs is 4. The molecule has 0 spiro atoms. The third-order valence-electron chi connectivity index (χ3n) is 5.98. The van der Waals surface area contributed by atoms with Gasteiger partial charge in [-0.3, -0.25) is 9.36 Å². The maximum atomic E-state index is 13.8. The van der Waals surface area contributed by atoms with Gasteiger partial charge in [0.25, 0.3) is 5.56 Å². The van der Waals surface area contributed by atoms with E-state index in [1.165, 1.54) is 15.1 Å². The maximum Gasteiger partial charge on any atom is 0.267 e. The quantitative estimate of drug-likeness (QED) is 0.221. The molecule has 0 bridgehead atoms. The lowest BCUT2D eigenvalue weighted by Crippen LogP contribution is -2.22. The summed E-state index contributed by atoms with van der Waals surface area (Å²) in [7, 11) is 0. The Morgan fingerprint density at radius 2 is 1.88 bits per heavy atom. The van der Waals surface area contributed by atoms with Crippen LogP contribution in [0.5, 0.6) is 0 Å². The number of hydrogen-bond acceptors (Lipinski definition) is 6. The summed E-state index contributed by atoms with van der Waals surface area (Å²) in [6.07, 6.45) is 3.16. The largest absolute Gasteiger partial charge is 0.268 e. The molecular formula is C25H21N3OS3. The molecule has 2 aromatic carbocycles. The van der Waals surface area contributed by atoms with Crippen LogP contribution < -0.4 is 5.56 Å². The molecule has 3 aromatic heterocycles. The maximum absolute atomic E-state index is 13.8. The molecule has 32 heavy (non-hydrogen) atoms. The Kier molecular flexibility index (Phi) is 5.12. The Bertz CT molecular complexity index is 1470. The number of nitrogens with zero attached hydrogens (tertiary/aromatic N) is 3. The number of thiazole rings is 1. The van der Waals surface area contributed by atoms with Gasteiger partial charge in [-0.1, -0.05) is 49.0 Å². The monoisotopic (exact) mass is 475 g/mol. The minimum Gasteiger partial charge on any atom is -0.268 e. The summed E-state index contributed by atoms with van der Waals surface area (Å²) in [5, 5.41) is 2.61. The van der Waals surface area contributed by atoms with E-state index in [9.17, 15) is 4.79 Å². The van der Waals surface area contributed by atoms with Crippen LogP contribution in [0.1, 0.15) is 28.8 Å². The molecule has 0 saturated carbocycles. The Morgan fingerprint density at radius 3 is 2.72 bits per heavy atom. The normalized spacial score (nSPS) is 16.0. The number of hydrogen-bond donors (Lipinski definition) is 0. The second-order valence-corrected chi connectivity index (χ2v) is 11.4. The second-order valence-electron chi connectivity index (χ2n) is 8.27. The topological polar surface area (TPSA) is 47.8 Å². The van der Waals surface area contributed by atoms with E-state index < -0.39 is 0 Å². The number of aryl methyl sites for hydroxylation is 1. The van der Waals surface area contributed by atoms with Crippen LogP contribution in [0.2, 0.25) is 0 Å². The van der Waals surface area contributed by atoms with Crippen LogP contribution in [0.4, 0.5) is 0 Å². The first-order chi connectivity index (χ1) is 15.7. The van der Waals surface area contributed by atoms with E-state index in [4.69, 9.17) is 9.97 Å². The van der Waals surface area contributed by atoms with E-state index in [1.54, 1.807) is 39.0 Å². The summed E-state index contributed by atoms with van der Waals surface area (Å²) in [6, 6.07) is 18.1. The van der Waals surface area contributed by atoms with Crippen LogP contribution in [0.15, 0.2) is 64.5 Å². The molecule has 5 aromatic rings. The zero-order chi connectivity index (χ0) is 21.7. The average Bonchev–Trinajstić information content (AvgIpc) is 3.38. The SMILES string of the molecule is C[C@@H]1CCc2c(sc3nc(SCc4nc5ccccc5s4)n(-c4ccccc4)c(=O)c23)C1. The van der Waals surface area contributed by atoms with Crippen LogP contribution in [-0.2, 0) is 18.6 Å². The number of aromatic nitrogens is 3. The van der Waals surface area contributed by atoms with Crippen molar-refractivity contribution in [2.45, 2.75) is 37.1 Å². The third kappa shape index (κ3) is 3.49. The number of thioether (sulfide) groups is 1. The minimum atomic E-state index is 0.0556. The average molecular weight is 476 g/mol. The zero-order valence-corrected chi connectivity index (χ0v) is 20.0. The first-order valence-electron chi connectivity index (χ1n) is 10.8. The number of rotatable bonds is 4. The van der Waals surface area contributed by atoms with E-state index in [0.717, 1.165) is 50.8 Å². The van der Waals surface area contributed by atoms with E-state index >= 15 is 0 Å². The molecule has 0 N–H and O–H groups in total. The Balaban J connectivity index is 1.47. The Hall–Kier alpha value is -2.48. The van der Waals surface area contributed by atoms with Crippen molar-refractivity contribution in [3.8, 4) is 5.69 Å². The Labute approximate surface area is 198 Å². The van der Waals surface area contributed by atoms with Gasteiger partial charge < -0.3 is 0 Å². The molecule has 160 valence electrons. The lowest BCUT2D eigenvalue weighted by atomic mass is 9.89. The number of para-hydroxylation sites is 2. The predicted octanol–water partition coefficient (Wildman–Crippen LogP) is 6.47. The van der Waals surface area contributed by atoms with Crippen molar-refractivity contribution in [1.29, 1.82) is 0 Å². The summed E-state index contributed by atoms with van der Waals surface area (Å²) in [4.78, 5) is 25.8. The summed E-state index contributed by atoms with van der Waals surface area (Å²) >= 11 is 5.01. The van der Waals surface area contributed by atoms with Gasteiger partial charge in [-0.25, -0.2) is 9.97 Å². The molecule has 1 aliphatic carbocycles. The molecule has 0 aliphatic heterocycles. The van der Waals surface area contributed by atoms with Gasteiger partial charge in [-0.15, -0.1) is 22.7 Å². The van der Waals surface area contributed by atoms with Crippen molar-refractivity contribution in [1.82, 2.24) is 14.5 Å². The minimum absolute atomic E-state index is 0.0556. The first kappa shape index (κ1) is 20.1. The molecule has 0 amide bonds. The van der Waals surface area contributed by atoms with Crippen molar-refractivity contribution in [3.05, 3.63) is 80.4 Å². The number of thiophene rings is 1. The van der Waals surface area contributed by atoms with Gasteiger partial charge in [0, 0.05) is 4.88 Å². The van der Waals surface area contributed by atoms with Crippen LogP contribution in [0.25, 0.3) is 26.1 Å². The molecule has 0 unspecified atom stereocenters. The van der Waals surface area contributed by atoms with Crippen molar-refractivity contribution < 1.29 is 0 Å². The molecule has 3 heterocycles. The molecule has 1 atom stereocenters. The lowest BCUT2D eigenvalue weighted by Gasteiger charge is -2.17. The van der Waals surface area contributed by atoms with Crippen molar-refractivity contribution in [3.63, 3.8) is 0 Å². The fourth-order valence-electron chi connectivity index (χ4n) is 4.38. The van der Waals surface area contributed by atoms with E-state index in [-0.39, 0.29) is 5.56 Å². The molecule has 0 radical (unpaired) electrons. The van der Waals surface area contributed by atoms with Gasteiger partial charge in [0.2, 0.25) is 0 Å². The van der Waals surface area contributed by atoms with E-state index in [2.05, 4.69) is 13.0 Å². The smallest absolute Gasteiger partial charge is 0.267 e. The summed E-state index contributed by atoms with van der Waals surface area (Å²) in [5.41, 5.74) is 3.17. The van der Waals surface area contributed by atoms with E-state index in [0.29, 0.717) is 11.7 Å². The van der Waals surface area contributed by atoms with Crippen LogP contribution in [-0.4, -0.2) is 14.5 Å². The zero-order valence-electron chi connectivity index (χ0n) is 17.6. The summed E-state index contributed by atoms with van der Waals surface area (Å²) in [6.45, 7) is 2.29. The van der Waals surface area contributed by atoms with Crippen molar-refractivity contribution >= 4 is 54.9 Å². The highest BCUT2D eigenvalue weighted by molar-refractivity contribution is 7.98. The molecular weight excluding hydrogens is 454 g/mol. The number of benzene rings is 2. The van der Waals surface area contributed by atoms with Gasteiger partial charge in [0.1, 0.15) is 9.84 Å². The highest BCUT2D eigenvalue weighted by atomic mass is 32.2. The summed E-state index contributed by atoms with van der Waals surface area (Å²) < 4.78 is 2.98. The Morgan fingerprint density at radius 1 is 1.06 bits per heavy atom.